The minimum absolute atomic E-state index is 0.0159. The maximum atomic E-state index is 12.1. The number of nitrogens with zero attached hydrogens (tertiary/aromatic N) is 1. The second kappa shape index (κ2) is 4.26. The predicted octanol–water partition coefficient (Wildman–Crippen LogP) is 1.94. The molecule has 0 saturated carbocycles. The Hall–Kier alpha value is -2.04. The van der Waals surface area contributed by atoms with Crippen molar-refractivity contribution in [2.24, 2.45) is 5.92 Å². The molecule has 1 aromatic carbocycles. The first-order valence-electron chi connectivity index (χ1n) is 6.51. The molecular weight excluding hydrogens is 244 g/mol. The Morgan fingerprint density at radius 1 is 1.47 bits per heavy atom. The van der Waals surface area contributed by atoms with E-state index < -0.39 is 5.97 Å². The van der Waals surface area contributed by atoms with E-state index >= 15 is 0 Å². The molecule has 1 aromatic rings. The molecule has 0 radical (unpaired) electrons. The van der Waals surface area contributed by atoms with E-state index in [9.17, 15) is 9.59 Å². The molecule has 2 atom stereocenters. The van der Waals surface area contributed by atoms with Crippen molar-refractivity contribution in [2.75, 3.05) is 16.8 Å². The van der Waals surface area contributed by atoms with E-state index in [-0.39, 0.29) is 17.5 Å². The molecule has 2 aliphatic heterocycles. The molecule has 2 N–H and O–H groups in total. The average Bonchev–Trinajstić information content (AvgIpc) is 2.38. The zero-order valence-corrected chi connectivity index (χ0v) is 10.7. The summed E-state index contributed by atoms with van der Waals surface area (Å²) in [5, 5.41) is 11.9. The van der Waals surface area contributed by atoms with Crippen molar-refractivity contribution in [1.82, 2.24) is 0 Å². The summed E-state index contributed by atoms with van der Waals surface area (Å²) in [6, 6.07) is 4.68. The molecule has 0 bridgehead atoms. The van der Waals surface area contributed by atoms with Crippen molar-refractivity contribution in [3.8, 4) is 0 Å². The lowest BCUT2D eigenvalue weighted by atomic mass is 9.89. The summed E-state index contributed by atoms with van der Waals surface area (Å²) in [4.78, 5) is 25.2. The minimum Gasteiger partial charge on any atom is -0.478 e. The fourth-order valence-corrected chi connectivity index (χ4v) is 2.90. The number of carboxylic acids is 1. The highest BCUT2D eigenvalue weighted by Gasteiger charge is 2.36. The Morgan fingerprint density at radius 2 is 2.26 bits per heavy atom. The molecular formula is C14H16N2O3. The summed E-state index contributed by atoms with van der Waals surface area (Å²) >= 11 is 0. The lowest BCUT2D eigenvalue weighted by molar-refractivity contribution is -0.118. The van der Waals surface area contributed by atoms with E-state index in [1.807, 2.05) is 4.90 Å². The van der Waals surface area contributed by atoms with Crippen LogP contribution in [0.25, 0.3) is 0 Å². The number of carbonyl (C=O) groups excluding carboxylic acids is 1. The molecule has 1 saturated heterocycles. The monoisotopic (exact) mass is 260 g/mol. The third-order valence-corrected chi connectivity index (χ3v) is 3.98. The lowest BCUT2D eigenvalue weighted by Gasteiger charge is -2.43. The summed E-state index contributed by atoms with van der Waals surface area (Å²) in [6.07, 6.45) is 1.85. The van der Waals surface area contributed by atoms with Crippen molar-refractivity contribution in [3.63, 3.8) is 0 Å². The van der Waals surface area contributed by atoms with Gasteiger partial charge in [0.15, 0.2) is 0 Å². The Morgan fingerprint density at radius 3 is 3.00 bits per heavy atom. The van der Waals surface area contributed by atoms with E-state index in [1.54, 1.807) is 12.1 Å². The van der Waals surface area contributed by atoms with E-state index in [4.69, 9.17) is 5.11 Å². The molecule has 5 nitrogen and oxygen atoms in total. The molecule has 3 rings (SSSR count). The van der Waals surface area contributed by atoms with Gasteiger partial charge in [-0.25, -0.2) is 4.79 Å². The van der Waals surface area contributed by atoms with E-state index in [2.05, 4.69) is 12.2 Å². The van der Waals surface area contributed by atoms with Crippen molar-refractivity contribution in [1.29, 1.82) is 0 Å². The van der Waals surface area contributed by atoms with Crippen LogP contribution in [0.2, 0.25) is 0 Å². The normalized spacial score (nSPS) is 25.3. The van der Waals surface area contributed by atoms with Gasteiger partial charge in [0.1, 0.15) is 6.04 Å². The average molecular weight is 260 g/mol. The number of carbonyl (C=O) groups is 2. The number of carboxylic acid groups (broad SMARTS) is 1. The third kappa shape index (κ3) is 1.95. The number of benzene rings is 1. The van der Waals surface area contributed by atoms with Gasteiger partial charge in [0, 0.05) is 6.54 Å². The highest BCUT2D eigenvalue weighted by Crippen LogP contribution is 2.37. The highest BCUT2D eigenvalue weighted by atomic mass is 16.4. The largest absolute Gasteiger partial charge is 0.478 e. The van der Waals surface area contributed by atoms with Gasteiger partial charge in [-0.2, -0.15) is 0 Å². The van der Waals surface area contributed by atoms with Gasteiger partial charge in [0.2, 0.25) is 5.91 Å². The van der Waals surface area contributed by atoms with Gasteiger partial charge < -0.3 is 15.3 Å². The number of hydrogen-bond donors (Lipinski definition) is 2. The maximum absolute atomic E-state index is 12.1. The van der Waals surface area contributed by atoms with E-state index in [1.165, 1.54) is 6.07 Å². The SMILES string of the molecule is CC1CCN2c3cc(C(=O)O)ccc3NC(=O)C2C1. The Balaban J connectivity index is 2.03. The Bertz CT molecular complexity index is 556. The first-order chi connectivity index (χ1) is 9.06. The van der Waals surface area contributed by atoms with Gasteiger partial charge in [0.05, 0.1) is 16.9 Å². The summed E-state index contributed by atoms with van der Waals surface area (Å²) in [6.45, 7) is 2.95. The maximum Gasteiger partial charge on any atom is 0.335 e. The van der Waals surface area contributed by atoms with Crippen LogP contribution < -0.4 is 10.2 Å². The minimum atomic E-state index is -0.943. The van der Waals surface area contributed by atoms with Crippen LogP contribution >= 0.6 is 0 Å². The van der Waals surface area contributed by atoms with Crippen LogP contribution in [0.1, 0.15) is 30.1 Å². The van der Waals surface area contributed by atoms with Crippen LogP contribution in [0.15, 0.2) is 18.2 Å². The van der Waals surface area contributed by atoms with Gasteiger partial charge in [-0.05, 0) is 37.0 Å². The standard InChI is InChI=1S/C14H16N2O3/c1-8-4-5-16-11-7-9(14(18)19)2-3-10(11)15-13(17)12(16)6-8/h2-3,7-8,12H,4-6H2,1H3,(H,15,17)(H,18,19). The molecule has 19 heavy (non-hydrogen) atoms. The lowest BCUT2D eigenvalue weighted by Crippen LogP contribution is -2.52. The molecule has 1 fully saturated rings. The fraction of sp³-hybridized carbons (Fsp3) is 0.429. The predicted molar refractivity (Wildman–Crippen MR) is 71.6 cm³/mol. The topological polar surface area (TPSA) is 69.6 Å². The molecule has 1 amide bonds. The van der Waals surface area contributed by atoms with Crippen molar-refractivity contribution < 1.29 is 14.7 Å². The number of amides is 1. The van der Waals surface area contributed by atoms with Crippen LogP contribution in [0.5, 0.6) is 0 Å². The van der Waals surface area contributed by atoms with Gasteiger partial charge in [-0.3, -0.25) is 4.79 Å². The smallest absolute Gasteiger partial charge is 0.335 e. The van der Waals surface area contributed by atoms with Gasteiger partial charge >= 0.3 is 5.97 Å². The summed E-state index contributed by atoms with van der Waals surface area (Å²) in [7, 11) is 0. The van der Waals surface area contributed by atoms with Gasteiger partial charge in [-0.15, -0.1) is 0 Å². The molecule has 2 heterocycles. The molecule has 100 valence electrons. The van der Waals surface area contributed by atoms with Gasteiger partial charge in [0.25, 0.3) is 0 Å². The number of hydrogen-bond acceptors (Lipinski definition) is 3. The second-order valence-corrected chi connectivity index (χ2v) is 5.37. The Labute approximate surface area is 111 Å². The van der Waals surface area contributed by atoms with Crippen LogP contribution in [0.3, 0.4) is 0 Å². The molecule has 2 unspecified atom stereocenters. The number of aromatic carboxylic acids is 1. The van der Waals surface area contributed by atoms with Crippen molar-refractivity contribution >= 4 is 23.3 Å². The molecule has 0 aromatic heterocycles. The van der Waals surface area contributed by atoms with E-state index in [0.29, 0.717) is 11.6 Å². The zero-order chi connectivity index (χ0) is 13.6. The zero-order valence-electron chi connectivity index (χ0n) is 10.7. The number of piperidine rings is 1. The third-order valence-electron chi connectivity index (χ3n) is 3.98. The quantitative estimate of drug-likeness (QED) is 0.809. The number of anilines is 2. The number of nitrogens with one attached hydrogen (secondary N) is 1. The molecule has 0 spiro atoms. The number of rotatable bonds is 1. The van der Waals surface area contributed by atoms with Crippen molar-refractivity contribution in [2.45, 2.75) is 25.8 Å². The molecule has 0 aliphatic carbocycles. The summed E-state index contributed by atoms with van der Waals surface area (Å²) < 4.78 is 0. The highest BCUT2D eigenvalue weighted by molar-refractivity contribution is 6.05. The van der Waals surface area contributed by atoms with E-state index in [0.717, 1.165) is 25.1 Å². The summed E-state index contributed by atoms with van der Waals surface area (Å²) in [5.74, 6) is -0.403. The van der Waals surface area contributed by atoms with Crippen molar-refractivity contribution in [3.05, 3.63) is 23.8 Å². The van der Waals surface area contributed by atoms with Gasteiger partial charge in [-0.1, -0.05) is 6.92 Å². The first-order valence-corrected chi connectivity index (χ1v) is 6.51. The van der Waals surface area contributed by atoms with Crippen LogP contribution in [0.4, 0.5) is 11.4 Å². The van der Waals surface area contributed by atoms with Crippen LogP contribution in [-0.4, -0.2) is 29.6 Å². The first kappa shape index (κ1) is 12.0. The second-order valence-electron chi connectivity index (χ2n) is 5.37. The Kier molecular flexibility index (Phi) is 2.69. The van der Waals surface area contributed by atoms with Crippen LogP contribution in [-0.2, 0) is 4.79 Å². The molecule has 5 heteroatoms. The number of fused-ring (bicyclic) bond motifs is 3. The summed E-state index contributed by atoms with van der Waals surface area (Å²) in [5.41, 5.74) is 1.80. The molecule has 2 aliphatic rings. The van der Waals surface area contributed by atoms with Crippen LogP contribution in [0, 0.1) is 5.92 Å². The fourth-order valence-electron chi connectivity index (χ4n) is 2.90.